The van der Waals surface area contributed by atoms with Crippen LogP contribution >= 0.6 is 27.3 Å². The summed E-state index contributed by atoms with van der Waals surface area (Å²) in [5.41, 5.74) is 1.30. The Morgan fingerprint density at radius 1 is 1.18 bits per heavy atom. The van der Waals surface area contributed by atoms with E-state index in [1.807, 2.05) is 18.2 Å². The molecule has 0 saturated carbocycles. The van der Waals surface area contributed by atoms with Gasteiger partial charge in [-0.2, -0.15) is 0 Å². The van der Waals surface area contributed by atoms with E-state index in [0.29, 0.717) is 5.52 Å². The second-order valence-corrected chi connectivity index (χ2v) is 5.23. The normalized spacial score (nSPS) is 10.9. The Kier molecular flexibility index (Phi) is 2.64. The summed E-state index contributed by atoms with van der Waals surface area (Å²) in [5, 5.41) is 0.769. The molecule has 84 valence electrons. The number of benzene rings is 1. The van der Waals surface area contributed by atoms with Gasteiger partial charge in [-0.1, -0.05) is 6.07 Å². The second kappa shape index (κ2) is 4.16. The summed E-state index contributed by atoms with van der Waals surface area (Å²) in [7, 11) is 0. The number of para-hydroxylation sites is 1. The fraction of sp³-hybridized carbons (Fsp3) is 0. The number of halogens is 2. The number of fused-ring (bicyclic) bond motifs is 1. The van der Waals surface area contributed by atoms with E-state index in [-0.39, 0.29) is 5.82 Å². The molecule has 0 aliphatic carbocycles. The van der Waals surface area contributed by atoms with Gasteiger partial charge in [-0.25, -0.2) is 14.4 Å². The van der Waals surface area contributed by atoms with Crippen LogP contribution in [0.3, 0.4) is 0 Å². The molecule has 0 aliphatic heterocycles. The van der Waals surface area contributed by atoms with Crippen molar-refractivity contribution >= 4 is 37.5 Å². The zero-order chi connectivity index (χ0) is 11.8. The Bertz CT molecular complexity index is 696. The molecule has 0 aliphatic rings. The van der Waals surface area contributed by atoms with Crippen LogP contribution in [0.15, 0.2) is 41.1 Å². The second-order valence-electron chi connectivity index (χ2n) is 3.45. The number of hydrogen-bond acceptors (Lipinski definition) is 3. The van der Waals surface area contributed by atoms with Crippen LogP contribution < -0.4 is 0 Å². The van der Waals surface area contributed by atoms with Gasteiger partial charge in [-0.05, 0) is 40.2 Å². The monoisotopic (exact) mass is 308 g/mol. The Balaban J connectivity index is 2.26. The van der Waals surface area contributed by atoms with E-state index in [1.165, 1.54) is 17.4 Å². The molecular weight excluding hydrogens is 303 g/mol. The first kappa shape index (κ1) is 10.8. The summed E-state index contributed by atoms with van der Waals surface area (Å²) >= 11 is 4.83. The minimum absolute atomic E-state index is 0.287. The van der Waals surface area contributed by atoms with Crippen LogP contribution in [0.4, 0.5) is 4.39 Å². The van der Waals surface area contributed by atoms with Crippen molar-refractivity contribution in [2.24, 2.45) is 0 Å². The number of aromatic nitrogens is 2. The van der Waals surface area contributed by atoms with Crippen LogP contribution in [0.5, 0.6) is 0 Å². The average Bonchev–Trinajstić information content (AvgIpc) is 2.75. The van der Waals surface area contributed by atoms with Crippen LogP contribution in [0.25, 0.3) is 20.8 Å². The number of rotatable bonds is 1. The highest BCUT2D eigenvalue weighted by atomic mass is 79.9. The molecule has 0 bridgehead atoms. The summed E-state index contributed by atoms with van der Waals surface area (Å²) in [5.74, 6) is -0.287. The van der Waals surface area contributed by atoms with Gasteiger partial charge in [0.05, 0.1) is 4.70 Å². The quantitative estimate of drug-likeness (QED) is 0.628. The maximum Gasteiger partial charge on any atom is 0.150 e. The maximum atomic E-state index is 13.5. The largest absolute Gasteiger partial charge is 0.249 e. The van der Waals surface area contributed by atoms with Crippen molar-refractivity contribution in [2.45, 2.75) is 0 Å². The van der Waals surface area contributed by atoms with Gasteiger partial charge in [-0.15, -0.1) is 11.3 Å². The molecule has 0 amide bonds. The Hall–Kier alpha value is -1.33. The molecule has 2 aromatic heterocycles. The summed E-state index contributed by atoms with van der Waals surface area (Å²) < 4.78 is 15.1. The van der Waals surface area contributed by atoms with E-state index in [0.717, 1.165) is 19.9 Å². The Labute approximate surface area is 109 Å². The molecule has 0 N–H and O–H groups in total. The minimum Gasteiger partial charge on any atom is -0.249 e. The van der Waals surface area contributed by atoms with Crippen molar-refractivity contribution in [2.75, 3.05) is 0 Å². The van der Waals surface area contributed by atoms with E-state index in [1.54, 1.807) is 12.3 Å². The fourth-order valence-corrected chi connectivity index (χ4v) is 3.15. The molecular formula is C12H6BrFN2S. The number of nitrogens with zero attached hydrogens (tertiary/aromatic N) is 2. The van der Waals surface area contributed by atoms with Gasteiger partial charge in [-0.3, -0.25) is 0 Å². The standard InChI is InChI=1S/C12H6BrFN2S/c13-11-7(3-2-6-15-11)12-16-10-8(14)4-1-5-9(10)17-12/h1-6H. The highest BCUT2D eigenvalue weighted by Crippen LogP contribution is 2.33. The molecule has 0 spiro atoms. The summed E-state index contributed by atoms with van der Waals surface area (Å²) in [6.07, 6.45) is 1.70. The third kappa shape index (κ3) is 1.85. The fourth-order valence-electron chi connectivity index (χ4n) is 1.58. The molecule has 1 aromatic carbocycles. The number of hydrogen-bond donors (Lipinski definition) is 0. The predicted molar refractivity (Wildman–Crippen MR) is 70.5 cm³/mol. The van der Waals surface area contributed by atoms with Crippen LogP contribution in [0, 0.1) is 5.82 Å². The van der Waals surface area contributed by atoms with Crippen molar-refractivity contribution in [1.82, 2.24) is 9.97 Å². The minimum atomic E-state index is -0.287. The zero-order valence-electron chi connectivity index (χ0n) is 8.52. The van der Waals surface area contributed by atoms with E-state index in [2.05, 4.69) is 25.9 Å². The van der Waals surface area contributed by atoms with Crippen molar-refractivity contribution in [3.05, 3.63) is 46.9 Å². The van der Waals surface area contributed by atoms with Gasteiger partial charge in [0, 0.05) is 11.8 Å². The van der Waals surface area contributed by atoms with Gasteiger partial charge in [0.1, 0.15) is 20.9 Å². The molecule has 2 heterocycles. The molecule has 17 heavy (non-hydrogen) atoms. The smallest absolute Gasteiger partial charge is 0.150 e. The lowest BCUT2D eigenvalue weighted by Gasteiger charge is -1.96. The first-order chi connectivity index (χ1) is 8.25. The summed E-state index contributed by atoms with van der Waals surface area (Å²) in [4.78, 5) is 8.45. The average molecular weight is 309 g/mol. The lowest BCUT2D eigenvalue weighted by atomic mass is 10.3. The first-order valence-corrected chi connectivity index (χ1v) is 6.52. The lowest BCUT2D eigenvalue weighted by Crippen LogP contribution is -1.82. The molecule has 0 unspecified atom stereocenters. The number of pyridine rings is 1. The predicted octanol–water partition coefficient (Wildman–Crippen LogP) is 4.26. The van der Waals surface area contributed by atoms with E-state index in [4.69, 9.17) is 0 Å². The van der Waals surface area contributed by atoms with Gasteiger partial charge < -0.3 is 0 Å². The molecule has 0 radical (unpaired) electrons. The van der Waals surface area contributed by atoms with Crippen molar-refractivity contribution in [3.63, 3.8) is 0 Å². The highest BCUT2D eigenvalue weighted by Gasteiger charge is 2.11. The third-order valence-electron chi connectivity index (χ3n) is 2.36. The van der Waals surface area contributed by atoms with Crippen LogP contribution in [0.2, 0.25) is 0 Å². The summed E-state index contributed by atoms with van der Waals surface area (Å²) in [6.45, 7) is 0. The van der Waals surface area contributed by atoms with Crippen LogP contribution in [-0.4, -0.2) is 9.97 Å². The lowest BCUT2D eigenvalue weighted by molar-refractivity contribution is 0.637. The molecule has 0 atom stereocenters. The number of thiazole rings is 1. The van der Waals surface area contributed by atoms with Crippen molar-refractivity contribution in [1.29, 1.82) is 0 Å². The molecule has 0 saturated heterocycles. The molecule has 3 aromatic rings. The van der Waals surface area contributed by atoms with Gasteiger partial charge >= 0.3 is 0 Å². The summed E-state index contributed by atoms with van der Waals surface area (Å²) in [6, 6.07) is 8.72. The van der Waals surface area contributed by atoms with Gasteiger partial charge in [0.15, 0.2) is 0 Å². The van der Waals surface area contributed by atoms with E-state index < -0.39 is 0 Å². The van der Waals surface area contributed by atoms with Crippen molar-refractivity contribution in [3.8, 4) is 10.6 Å². The molecule has 5 heteroatoms. The van der Waals surface area contributed by atoms with E-state index >= 15 is 0 Å². The maximum absolute atomic E-state index is 13.5. The zero-order valence-corrected chi connectivity index (χ0v) is 10.9. The van der Waals surface area contributed by atoms with Crippen LogP contribution in [-0.2, 0) is 0 Å². The topological polar surface area (TPSA) is 25.8 Å². The Morgan fingerprint density at radius 2 is 2.06 bits per heavy atom. The molecule has 3 rings (SSSR count). The third-order valence-corrected chi connectivity index (χ3v) is 4.05. The van der Waals surface area contributed by atoms with Gasteiger partial charge in [0.2, 0.25) is 0 Å². The molecule has 0 fully saturated rings. The molecule has 2 nitrogen and oxygen atoms in total. The van der Waals surface area contributed by atoms with Crippen LogP contribution in [0.1, 0.15) is 0 Å². The van der Waals surface area contributed by atoms with Gasteiger partial charge in [0.25, 0.3) is 0 Å². The Morgan fingerprint density at radius 3 is 2.82 bits per heavy atom. The first-order valence-electron chi connectivity index (χ1n) is 4.91. The SMILES string of the molecule is Fc1cccc2sc(-c3cccnc3Br)nc12. The van der Waals surface area contributed by atoms with Crippen molar-refractivity contribution < 1.29 is 4.39 Å². The highest BCUT2D eigenvalue weighted by molar-refractivity contribution is 9.10. The van der Waals surface area contributed by atoms with E-state index in [9.17, 15) is 4.39 Å².